The van der Waals surface area contributed by atoms with Crippen molar-refractivity contribution in [3.05, 3.63) is 94.5 Å². The molecule has 0 spiro atoms. The number of amides is 3. The predicted octanol–water partition coefficient (Wildman–Crippen LogP) is 4.25. The van der Waals surface area contributed by atoms with Crippen LogP contribution in [0.15, 0.2) is 77.9 Å². The third kappa shape index (κ3) is 8.25. The van der Waals surface area contributed by atoms with Crippen molar-refractivity contribution < 1.29 is 19.1 Å². The molecule has 9 heteroatoms. The number of rotatable bonds is 9. The predicted molar refractivity (Wildman–Crippen MR) is 140 cm³/mol. The van der Waals surface area contributed by atoms with Crippen LogP contribution < -0.4 is 20.8 Å². The lowest BCUT2D eigenvalue weighted by molar-refractivity contribution is -0.139. The van der Waals surface area contributed by atoms with E-state index in [1.54, 1.807) is 48.5 Å². The second kappa shape index (κ2) is 13.1. The summed E-state index contributed by atoms with van der Waals surface area (Å²) in [5, 5.41) is 9.67. The molecular weight excluding hydrogens is 480 g/mol. The van der Waals surface area contributed by atoms with Crippen LogP contribution in [0.1, 0.15) is 36.5 Å². The Labute approximate surface area is 214 Å². The first-order chi connectivity index (χ1) is 17.3. The Morgan fingerprint density at radius 3 is 2.33 bits per heavy atom. The molecule has 0 bridgehead atoms. The van der Waals surface area contributed by atoms with Gasteiger partial charge in [0.2, 0.25) is 0 Å². The van der Waals surface area contributed by atoms with Gasteiger partial charge >= 0.3 is 11.8 Å². The highest BCUT2D eigenvalue weighted by Gasteiger charge is 2.12. The van der Waals surface area contributed by atoms with Crippen LogP contribution in [0.2, 0.25) is 5.02 Å². The van der Waals surface area contributed by atoms with E-state index in [1.165, 1.54) is 11.8 Å². The number of hydrazone groups is 1. The highest BCUT2D eigenvalue weighted by molar-refractivity contribution is 6.35. The fourth-order valence-corrected chi connectivity index (χ4v) is 3.21. The summed E-state index contributed by atoms with van der Waals surface area (Å²) in [5.41, 5.74) is 5.39. The molecule has 186 valence electrons. The van der Waals surface area contributed by atoms with E-state index in [9.17, 15) is 14.4 Å². The topological polar surface area (TPSA) is 109 Å². The Kier molecular flexibility index (Phi) is 9.59. The Bertz CT molecular complexity index is 1230. The lowest BCUT2D eigenvalue weighted by Gasteiger charge is -2.10. The number of anilines is 1. The molecule has 0 radical (unpaired) electrons. The zero-order valence-corrected chi connectivity index (χ0v) is 20.7. The minimum absolute atomic E-state index is 0.225. The molecule has 3 rings (SSSR count). The molecule has 0 saturated heterocycles. The maximum Gasteiger partial charge on any atom is 0.329 e. The maximum absolute atomic E-state index is 12.2. The highest BCUT2D eigenvalue weighted by atomic mass is 35.5. The first-order valence-electron chi connectivity index (χ1n) is 11.3. The van der Waals surface area contributed by atoms with Crippen LogP contribution in [-0.4, -0.2) is 30.5 Å². The van der Waals surface area contributed by atoms with E-state index < -0.39 is 11.8 Å². The molecule has 3 N–H and O–H groups in total. The number of ether oxygens (including phenoxy) is 1. The van der Waals surface area contributed by atoms with Crippen molar-refractivity contribution in [3.63, 3.8) is 0 Å². The molecule has 3 amide bonds. The number of nitrogens with zero attached hydrogens (tertiary/aromatic N) is 1. The number of halogens is 1. The fourth-order valence-electron chi connectivity index (χ4n) is 3.09. The van der Waals surface area contributed by atoms with Gasteiger partial charge < -0.3 is 15.4 Å². The number of nitrogens with one attached hydrogen (secondary N) is 3. The van der Waals surface area contributed by atoms with Crippen molar-refractivity contribution in [1.29, 1.82) is 0 Å². The zero-order chi connectivity index (χ0) is 25.9. The summed E-state index contributed by atoms with van der Waals surface area (Å²) >= 11 is 5.84. The average Bonchev–Trinajstić information content (AvgIpc) is 2.88. The third-order valence-electron chi connectivity index (χ3n) is 5.08. The first kappa shape index (κ1) is 26.4. The first-order valence-corrected chi connectivity index (χ1v) is 11.7. The molecule has 36 heavy (non-hydrogen) atoms. The van der Waals surface area contributed by atoms with Gasteiger partial charge in [0.1, 0.15) is 5.75 Å². The highest BCUT2D eigenvalue weighted by Crippen LogP contribution is 2.17. The summed E-state index contributed by atoms with van der Waals surface area (Å²) in [6.07, 6.45) is 1.34. The minimum Gasteiger partial charge on any atom is -0.483 e. The Morgan fingerprint density at radius 1 is 0.944 bits per heavy atom. The van der Waals surface area contributed by atoms with Gasteiger partial charge in [-0.3, -0.25) is 14.4 Å². The van der Waals surface area contributed by atoms with Crippen molar-refractivity contribution >= 4 is 41.2 Å². The standard InChI is InChI=1S/C27H27ClN4O4/c1-18(2)20-9-7-19(8-10-20)15-29-26(34)27(35)32-30-16-21-5-3-4-6-24(21)36-17-25(33)31-23-13-11-22(28)12-14-23/h3-14,16,18H,15,17H2,1-2H3,(H,29,34)(H,31,33)(H,32,35)/b30-16-. The zero-order valence-electron chi connectivity index (χ0n) is 20.0. The summed E-state index contributed by atoms with van der Waals surface area (Å²) in [4.78, 5) is 36.3. The lowest BCUT2D eigenvalue weighted by Crippen LogP contribution is -2.37. The maximum atomic E-state index is 12.2. The number of hydrogen-bond donors (Lipinski definition) is 3. The van der Waals surface area contributed by atoms with E-state index in [4.69, 9.17) is 16.3 Å². The summed E-state index contributed by atoms with van der Waals surface area (Å²) in [5.74, 6) is -1.25. The van der Waals surface area contributed by atoms with E-state index in [0.29, 0.717) is 27.9 Å². The van der Waals surface area contributed by atoms with E-state index in [0.717, 1.165) is 5.56 Å². The fraction of sp³-hybridized carbons (Fsp3) is 0.185. The summed E-state index contributed by atoms with van der Waals surface area (Å²) in [6, 6.07) is 21.4. The minimum atomic E-state index is -0.897. The molecule has 8 nitrogen and oxygen atoms in total. The van der Waals surface area contributed by atoms with Gasteiger partial charge in [-0.25, -0.2) is 5.43 Å². The molecule has 0 saturated carbocycles. The van der Waals surface area contributed by atoms with Crippen molar-refractivity contribution in [2.24, 2.45) is 5.10 Å². The molecule has 0 heterocycles. The Balaban J connectivity index is 1.47. The van der Waals surface area contributed by atoms with E-state index >= 15 is 0 Å². The number of carbonyl (C=O) groups is 3. The number of benzene rings is 3. The molecule has 0 fully saturated rings. The van der Waals surface area contributed by atoms with E-state index in [2.05, 4.69) is 35.0 Å². The van der Waals surface area contributed by atoms with Gasteiger partial charge in [0.15, 0.2) is 6.61 Å². The molecule has 3 aromatic rings. The molecule has 0 aromatic heterocycles. The Morgan fingerprint density at radius 2 is 1.64 bits per heavy atom. The van der Waals surface area contributed by atoms with Crippen molar-refractivity contribution in [3.8, 4) is 5.75 Å². The van der Waals surface area contributed by atoms with Gasteiger partial charge in [0.05, 0.1) is 6.21 Å². The third-order valence-corrected chi connectivity index (χ3v) is 5.33. The van der Waals surface area contributed by atoms with Crippen LogP contribution in [0.5, 0.6) is 5.75 Å². The molecule has 3 aromatic carbocycles. The normalized spacial score (nSPS) is 10.8. The largest absolute Gasteiger partial charge is 0.483 e. The molecule has 0 aliphatic rings. The van der Waals surface area contributed by atoms with Gasteiger partial charge in [-0.05, 0) is 53.4 Å². The smallest absolute Gasteiger partial charge is 0.329 e. The number of para-hydroxylation sites is 1. The molecule has 0 aliphatic heterocycles. The van der Waals surface area contributed by atoms with Gasteiger partial charge in [0.25, 0.3) is 5.91 Å². The van der Waals surface area contributed by atoms with E-state index in [1.807, 2.05) is 24.3 Å². The second-order valence-electron chi connectivity index (χ2n) is 8.16. The van der Waals surface area contributed by atoms with Crippen LogP contribution in [-0.2, 0) is 20.9 Å². The Hall–Kier alpha value is -4.17. The number of carbonyl (C=O) groups excluding carboxylic acids is 3. The second-order valence-corrected chi connectivity index (χ2v) is 8.60. The summed E-state index contributed by atoms with van der Waals surface area (Å²) in [6.45, 7) is 4.20. The molecule has 0 aliphatic carbocycles. The van der Waals surface area contributed by atoms with Crippen LogP contribution in [0, 0.1) is 0 Å². The van der Waals surface area contributed by atoms with Gasteiger partial charge in [-0.1, -0.05) is 61.8 Å². The van der Waals surface area contributed by atoms with Crippen molar-refractivity contribution in [1.82, 2.24) is 10.7 Å². The monoisotopic (exact) mass is 506 g/mol. The van der Waals surface area contributed by atoms with Gasteiger partial charge in [-0.2, -0.15) is 5.10 Å². The SMILES string of the molecule is CC(C)c1ccc(CNC(=O)C(=O)N/N=C\c2ccccc2OCC(=O)Nc2ccc(Cl)cc2)cc1. The molecule has 0 unspecified atom stereocenters. The van der Waals surface area contributed by atoms with Crippen LogP contribution in [0.4, 0.5) is 5.69 Å². The lowest BCUT2D eigenvalue weighted by atomic mass is 10.0. The quantitative estimate of drug-likeness (QED) is 0.229. The van der Waals surface area contributed by atoms with Gasteiger partial charge in [-0.15, -0.1) is 0 Å². The summed E-state index contributed by atoms with van der Waals surface area (Å²) in [7, 11) is 0. The van der Waals surface area contributed by atoms with E-state index in [-0.39, 0.29) is 19.1 Å². The summed E-state index contributed by atoms with van der Waals surface area (Å²) < 4.78 is 5.59. The number of hydrogen-bond acceptors (Lipinski definition) is 5. The molecule has 0 atom stereocenters. The average molecular weight is 507 g/mol. The van der Waals surface area contributed by atoms with Crippen LogP contribution in [0.25, 0.3) is 0 Å². The van der Waals surface area contributed by atoms with Crippen molar-refractivity contribution in [2.45, 2.75) is 26.3 Å². The van der Waals surface area contributed by atoms with Crippen LogP contribution >= 0.6 is 11.6 Å². The van der Waals surface area contributed by atoms with Gasteiger partial charge in [0, 0.05) is 22.8 Å². The van der Waals surface area contributed by atoms with Crippen LogP contribution in [0.3, 0.4) is 0 Å². The van der Waals surface area contributed by atoms with Crippen molar-refractivity contribution in [2.75, 3.05) is 11.9 Å². The molecular formula is C27H27ClN4O4.